The molecule has 0 spiro atoms. The van der Waals surface area contributed by atoms with Gasteiger partial charge in [-0.15, -0.1) is 0 Å². The molecule has 3 rings (SSSR count). The minimum atomic E-state index is -3.88. The first-order valence-corrected chi connectivity index (χ1v) is 12.2. The van der Waals surface area contributed by atoms with Crippen LogP contribution in [0, 0.1) is 5.92 Å². The van der Waals surface area contributed by atoms with Crippen LogP contribution in [0.15, 0.2) is 47.4 Å². The SMILES string of the molecule is CNC[C@H]1Oc2ccc(NS(=O)(=O)c3ccc(Cl)cc3)cc2C(=O)N([C@H](C)CO)C[C@@H]1C. The minimum Gasteiger partial charge on any atom is -0.488 e. The van der Waals surface area contributed by atoms with Crippen molar-refractivity contribution in [1.82, 2.24) is 10.2 Å². The highest BCUT2D eigenvalue weighted by Gasteiger charge is 2.33. The van der Waals surface area contributed by atoms with Gasteiger partial charge in [0.2, 0.25) is 0 Å². The molecule has 3 atom stereocenters. The van der Waals surface area contributed by atoms with Gasteiger partial charge in [-0.3, -0.25) is 9.52 Å². The number of hydrogen-bond acceptors (Lipinski definition) is 6. The molecule has 0 aliphatic carbocycles. The third kappa shape index (κ3) is 5.35. The molecular weight excluding hydrogens is 454 g/mol. The molecule has 0 bridgehead atoms. The van der Waals surface area contributed by atoms with Gasteiger partial charge >= 0.3 is 0 Å². The number of aliphatic hydroxyl groups is 1. The number of sulfonamides is 1. The Morgan fingerprint density at radius 2 is 1.94 bits per heavy atom. The zero-order valence-corrected chi connectivity index (χ0v) is 19.8. The standard InChI is InChI=1S/C22H28ClN3O5S/c1-14-12-26(15(2)13-27)22(28)19-10-17(6-9-20(19)31-21(14)11-24-3)25-32(29,30)18-7-4-16(23)5-8-18/h4-10,14-15,21,24-25,27H,11-13H2,1-3H3/t14-,15+,21+/m0/s1. The zero-order chi connectivity index (χ0) is 23.5. The Hall–Kier alpha value is -2.33. The maximum Gasteiger partial charge on any atom is 0.261 e. The highest BCUT2D eigenvalue weighted by Crippen LogP contribution is 2.31. The maximum atomic E-state index is 13.4. The quantitative estimate of drug-likeness (QED) is 0.561. The largest absolute Gasteiger partial charge is 0.488 e. The fourth-order valence-electron chi connectivity index (χ4n) is 3.56. The molecule has 174 valence electrons. The Labute approximate surface area is 193 Å². The lowest BCUT2D eigenvalue weighted by Crippen LogP contribution is -2.49. The van der Waals surface area contributed by atoms with E-state index in [1.807, 2.05) is 14.0 Å². The first-order valence-electron chi connectivity index (χ1n) is 10.3. The molecule has 0 radical (unpaired) electrons. The van der Waals surface area contributed by atoms with Crippen molar-refractivity contribution in [2.75, 3.05) is 31.5 Å². The summed E-state index contributed by atoms with van der Waals surface area (Å²) >= 11 is 5.85. The monoisotopic (exact) mass is 481 g/mol. The van der Waals surface area contributed by atoms with Crippen LogP contribution in [0.4, 0.5) is 5.69 Å². The van der Waals surface area contributed by atoms with Crippen LogP contribution in [-0.2, 0) is 10.0 Å². The lowest BCUT2D eigenvalue weighted by molar-refractivity contribution is 0.0416. The summed E-state index contributed by atoms with van der Waals surface area (Å²) in [6, 6.07) is 10.0. The number of halogens is 1. The number of nitrogens with zero attached hydrogens (tertiary/aromatic N) is 1. The summed E-state index contributed by atoms with van der Waals surface area (Å²) in [4.78, 5) is 15.0. The number of anilines is 1. The number of amides is 1. The number of benzene rings is 2. The third-order valence-electron chi connectivity index (χ3n) is 5.45. The molecule has 1 amide bonds. The van der Waals surface area contributed by atoms with Gasteiger partial charge in [-0.05, 0) is 56.4 Å². The fraction of sp³-hybridized carbons (Fsp3) is 0.409. The molecule has 0 unspecified atom stereocenters. The van der Waals surface area contributed by atoms with Crippen LogP contribution >= 0.6 is 11.6 Å². The topological polar surface area (TPSA) is 108 Å². The van der Waals surface area contributed by atoms with Crippen LogP contribution in [0.5, 0.6) is 5.75 Å². The van der Waals surface area contributed by atoms with Crippen LogP contribution in [0.3, 0.4) is 0 Å². The second kappa shape index (κ2) is 10.1. The molecule has 1 heterocycles. The predicted octanol–water partition coefficient (Wildman–Crippen LogP) is 2.58. The lowest BCUT2D eigenvalue weighted by atomic mass is 9.99. The molecule has 0 aromatic heterocycles. The Balaban J connectivity index is 1.99. The van der Waals surface area contributed by atoms with Gasteiger partial charge in [0.25, 0.3) is 15.9 Å². The molecule has 0 saturated heterocycles. The van der Waals surface area contributed by atoms with E-state index in [2.05, 4.69) is 10.0 Å². The van der Waals surface area contributed by atoms with Crippen molar-refractivity contribution in [3.63, 3.8) is 0 Å². The molecule has 2 aromatic carbocycles. The summed E-state index contributed by atoms with van der Waals surface area (Å²) in [5.74, 6) is 0.0480. The molecule has 32 heavy (non-hydrogen) atoms. The van der Waals surface area contributed by atoms with Crippen LogP contribution in [0.2, 0.25) is 5.02 Å². The van der Waals surface area contributed by atoms with Gasteiger partial charge in [0.05, 0.1) is 23.1 Å². The lowest BCUT2D eigenvalue weighted by Gasteiger charge is -2.37. The Kier molecular flexibility index (Phi) is 7.66. The van der Waals surface area contributed by atoms with Crippen molar-refractivity contribution in [1.29, 1.82) is 0 Å². The van der Waals surface area contributed by atoms with E-state index >= 15 is 0 Å². The van der Waals surface area contributed by atoms with Gasteiger partial charge in [-0.2, -0.15) is 0 Å². The summed E-state index contributed by atoms with van der Waals surface area (Å²) in [7, 11) is -2.05. The van der Waals surface area contributed by atoms with Crippen molar-refractivity contribution in [3.05, 3.63) is 53.1 Å². The van der Waals surface area contributed by atoms with Gasteiger partial charge in [0.1, 0.15) is 11.9 Å². The summed E-state index contributed by atoms with van der Waals surface area (Å²) in [5, 5.41) is 13.2. The number of carbonyl (C=O) groups is 1. The first kappa shape index (κ1) is 24.3. The number of carbonyl (C=O) groups excluding carboxylic acids is 1. The number of rotatable bonds is 7. The second-order valence-corrected chi connectivity index (χ2v) is 10.1. The summed E-state index contributed by atoms with van der Waals surface area (Å²) in [5.41, 5.74) is 0.459. The number of ether oxygens (including phenoxy) is 1. The average Bonchev–Trinajstić information content (AvgIpc) is 2.76. The van der Waals surface area contributed by atoms with Gasteiger partial charge < -0.3 is 20.1 Å². The van der Waals surface area contributed by atoms with E-state index in [9.17, 15) is 18.3 Å². The number of hydrogen-bond donors (Lipinski definition) is 3. The number of aliphatic hydroxyl groups excluding tert-OH is 1. The molecule has 3 N–H and O–H groups in total. The molecule has 0 fully saturated rings. The maximum absolute atomic E-state index is 13.4. The van der Waals surface area contributed by atoms with Gasteiger partial charge in [0, 0.05) is 29.7 Å². The van der Waals surface area contributed by atoms with Crippen molar-refractivity contribution < 1.29 is 23.1 Å². The van der Waals surface area contributed by atoms with E-state index in [-0.39, 0.29) is 40.7 Å². The van der Waals surface area contributed by atoms with Crippen molar-refractivity contribution in [2.45, 2.75) is 30.9 Å². The van der Waals surface area contributed by atoms with Gasteiger partial charge in [0.15, 0.2) is 0 Å². The van der Waals surface area contributed by atoms with Crippen molar-refractivity contribution >= 4 is 33.2 Å². The molecule has 0 saturated carbocycles. The van der Waals surface area contributed by atoms with Crippen molar-refractivity contribution in [2.24, 2.45) is 5.92 Å². The fourth-order valence-corrected chi connectivity index (χ4v) is 4.73. The summed E-state index contributed by atoms with van der Waals surface area (Å²) in [6.45, 7) is 4.54. The van der Waals surface area contributed by atoms with E-state index in [1.54, 1.807) is 24.0 Å². The van der Waals surface area contributed by atoms with Gasteiger partial charge in [-0.25, -0.2) is 8.42 Å². The zero-order valence-electron chi connectivity index (χ0n) is 18.2. The normalized spacial score (nSPS) is 20.0. The third-order valence-corrected chi connectivity index (χ3v) is 7.10. The van der Waals surface area contributed by atoms with E-state index < -0.39 is 16.1 Å². The Morgan fingerprint density at radius 3 is 2.56 bits per heavy atom. The second-order valence-electron chi connectivity index (χ2n) is 7.95. The van der Waals surface area contributed by atoms with E-state index in [1.165, 1.54) is 30.3 Å². The van der Waals surface area contributed by atoms with E-state index in [0.717, 1.165) is 0 Å². The summed E-state index contributed by atoms with van der Waals surface area (Å²) in [6.07, 6.45) is -0.211. The summed E-state index contributed by atoms with van der Waals surface area (Å²) < 4.78 is 34.2. The molecular formula is C22H28ClN3O5S. The van der Waals surface area contributed by atoms with Gasteiger partial charge in [-0.1, -0.05) is 18.5 Å². The smallest absolute Gasteiger partial charge is 0.261 e. The van der Waals surface area contributed by atoms with E-state index in [0.29, 0.717) is 23.9 Å². The van der Waals surface area contributed by atoms with Crippen LogP contribution < -0.4 is 14.8 Å². The van der Waals surface area contributed by atoms with Crippen LogP contribution in [0.1, 0.15) is 24.2 Å². The highest BCUT2D eigenvalue weighted by atomic mass is 35.5. The van der Waals surface area contributed by atoms with Crippen LogP contribution in [0.25, 0.3) is 0 Å². The Morgan fingerprint density at radius 1 is 1.25 bits per heavy atom. The molecule has 8 nitrogen and oxygen atoms in total. The minimum absolute atomic E-state index is 0.0108. The predicted molar refractivity (Wildman–Crippen MR) is 124 cm³/mol. The number of fused-ring (bicyclic) bond motifs is 1. The molecule has 1 aliphatic heterocycles. The first-order chi connectivity index (χ1) is 15.2. The molecule has 2 aromatic rings. The number of nitrogens with one attached hydrogen (secondary N) is 2. The van der Waals surface area contributed by atoms with Crippen molar-refractivity contribution in [3.8, 4) is 5.75 Å². The van der Waals surface area contributed by atoms with E-state index in [4.69, 9.17) is 16.3 Å². The highest BCUT2D eigenvalue weighted by molar-refractivity contribution is 7.92. The van der Waals surface area contributed by atoms with Crippen LogP contribution in [-0.4, -0.2) is 63.2 Å². The molecule has 10 heteroatoms. The average molecular weight is 482 g/mol. The molecule has 1 aliphatic rings. The number of likely N-dealkylation sites (N-methyl/N-ethyl adjacent to an activating group) is 1. The Bertz CT molecular complexity index is 1060.